The zero-order chi connectivity index (χ0) is 27.9. The minimum atomic E-state index is -2.51. The van der Waals surface area contributed by atoms with Crippen LogP contribution in [0.15, 0.2) is 48.8 Å². The summed E-state index contributed by atoms with van der Waals surface area (Å²) < 4.78 is 33.4. The van der Waals surface area contributed by atoms with Crippen LogP contribution in [0.25, 0.3) is 16.9 Å². The number of amides is 1. The lowest BCUT2D eigenvalue weighted by atomic mass is 9.75. The minimum Gasteiger partial charge on any atom is -0.370 e. The number of thiol groups is 1. The predicted octanol–water partition coefficient (Wildman–Crippen LogP) is 4.46. The van der Waals surface area contributed by atoms with Crippen molar-refractivity contribution in [2.75, 3.05) is 29.5 Å². The fraction of sp³-hybridized carbons (Fsp3) is 0.448. The molecule has 210 valence electrons. The Kier molecular flexibility index (Phi) is 6.92. The Bertz CT molecular complexity index is 1480. The van der Waals surface area contributed by atoms with Crippen molar-refractivity contribution in [1.82, 2.24) is 20.1 Å². The molecule has 2 saturated carbocycles. The number of anilines is 1. The second kappa shape index (κ2) is 10.4. The van der Waals surface area contributed by atoms with Gasteiger partial charge >= 0.3 is 0 Å². The molecule has 1 aromatic carbocycles. The summed E-state index contributed by atoms with van der Waals surface area (Å²) in [4.78, 5) is 19.9. The van der Waals surface area contributed by atoms with Crippen LogP contribution >= 0.6 is 0 Å². The van der Waals surface area contributed by atoms with Crippen LogP contribution in [0.2, 0.25) is 0 Å². The molecule has 3 heterocycles. The van der Waals surface area contributed by atoms with Gasteiger partial charge in [0, 0.05) is 53.9 Å². The number of pyridine rings is 1. The van der Waals surface area contributed by atoms with E-state index in [2.05, 4.69) is 21.3 Å². The van der Waals surface area contributed by atoms with Gasteiger partial charge in [0.15, 0.2) is 5.82 Å². The van der Waals surface area contributed by atoms with E-state index in [0.29, 0.717) is 43.3 Å². The molecule has 6 rings (SSSR count). The molecular formula is C29H34FN7O2S. The van der Waals surface area contributed by atoms with Gasteiger partial charge in [0.25, 0.3) is 0 Å². The van der Waals surface area contributed by atoms with E-state index in [1.165, 1.54) is 6.07 Å². The quantitative estimate of drug-likeness (QED) is 0.328. The lowest BCUT2D eigenvalue weighted by molar-refractivity contribution is -0.127. The van der Waals surface area contributed by atoms with E-state index in [-0.39, 0.29) is 17.7 Å². The third kappa shape index (κ3) is 5.38. The first-order valence-electron chi connectivity index (χ1n) is 13.9. The average Bonchev–Trinajstić information content (AvgIpc) is 3.60. The summed E-state index contributed by atoms with van der Waals surface area (Å²) in [5.74, 6) is 0.586. The SMILES string of the molecule is N#CC1(NC(=O)C2CCCCC2c2nn(-c3ccc(F)cn3)cc2-c2ccc(N3CC[SH](=N)(O)CC3)cc2)CC1. The van der Waals surface area contributed by atoms with Gasteiger partial charge in [0.2, 0.25) is 5.91 Å². The average molecular weight is 564 g/mol. The van der Waals surface area contributed by atoms with Crippen molar-refractivity contribution in [2.24, 2.45) is 5.92 Å². The van der Waals surface area contributed by atoms with Gasteiger partial charge in [-0.15, -0.1) is 10.1 Å². The Morgan fingerprint density at radius 1 is 1.15 bits per heavy atom. The number of carbonyl (C=O) groups excluding carboxylic acids is 1. The molecule has 9 nitrogen and oxygen atoms in total. The number of carbonyl (C=O) groups is 1. The normalized spacial score (nSPS) is 24.1. The fourth-order valence-electron chi connectivity index (χ4n) is 5.90. The molecular weight excluding hydrogens is 529 g/mol. The van der Waals surface area contributed by atoms with E-state index in [1.807, 2.05) is 30.5 Å². The summed E-state index contributed by atoms with van der Waals surface area (Å²) in [5, 5.41) is 17.5. The fourth-order valence-corrected chi connectivity index (χ4v) is 7.27. The summed E-state index contributed by atoms with van der Waals surface area (Å²) in [5.41, 5.74) is 2.98. The molecule has 11 heteroatoms. The maximum atomic E-state index is 13.6. The number of nitriles is 1. The molecule has 1 saturated heterocycles. The van der Waals surface area contributed by atoms with E-state index in [4.69, 9.17) is 9.88 Å². The predicted molar refractivity (Wildman–Crippen MR) is 153 cm³/mol. The molecule has 2 atom stereocenters. The molecule has 0 bridgehead atoms. The van der Waals surface area contributed by atoms with Gasteiger partial charge in [0.05, 0.1) is 18.0 Å². The van der Waals surface area contributed by atoms with Crippen LogP contribution in [0.5, 0.6) is 0 Å². The largest absolute Gasteiger partial charge is 0.370 e. The van der Waals surface area contributed by atoms with Crippen LogP contribution in [-0.2, 0) is 14.9 Å². The molecule has 2 aliphatic carbocycles. The molecule has 3 aromatic rings. The van der Waals surface area contributed by atoms with Crippen LogP contribution < -0.4 is 10.2 Å². The van der Waals surface area contributed by atoms with Gasteiger partial charge < -0.3 is 14.8 Å². The molecule has 0 radical (unpaired) electrons. The highest BCUT2D eigenvalue weighted by Gasteiger charge is 2.47. The van der Waals surface area contributed by atoms with E-state index in [9.17, 15) is 19.0 Å². The topological polar surface area (TPSA) is 131 Å². The van der Waals surface area contributed by atoms with Crippen LogP contribution in [-0.4, -0.2) is 55.4 Å². The van der Waals surface area contributed by atoms with Crippen molar-refractivity contribution in [2.45, 2.75) is 50.0 Å². The van der Waals surface area contributed by atoms with Crippen LogP contribution in [0.3, 0.4) is 0 Å². The molecule has 2 aromatic heterocycles. The van der Waals surface area contributed by atoms with Crippen molar-refractivity contribution in [1.29, 1.82) is 10.0 Å². The second-order valence-electron chi connectivity index (χ2n) is 11.3. The lowest BCUT2D eigenvalue weighted by Gasteiger charge is -2.36. The molecule has 3 fully saturated rings. The highest BCUT2D eigenvalue weighted by molar-refractivity contribution is 7.98. The van der Waals surface area contributed by atoms with E-state index in [1.54, 1.807) is 10.7 Å². The molecule has 3 N–H and O–H groups in total. The molecule has 3 aliphatic rings. The van der Waals surface area contributed by atoms with Gasteiger partial charge in [-0.2, -0.15) is 10.4 Å². The third-order valence-electron chi connectivity index (χ3n) is 8.49. The molecule has 40 heavy (non-hydrogen) atoms. The maximum absolute atomic E-state index is 13.6. The van der Waals surface area contributed by atoms with Crippen LogP contribution in [0.1, 0.15) is 50.1 Å². The van der Waals surface area contributed by atoms with Crippen molar-refractivity contribution in [3.8, 4) is 23.0 Å². The van der Waals surface area contributed by atoms with E-state index < -0.39 is 21.5 Å². The van der Waals surface area contributed by atoms with Gasteiger partial charge in [-0.1, -0.05) is 25.0 Å². The van der Waals surface area contributed by atoms with Crippen LogP contribution in [0, 0.1) is 27.8 Å². The second-order valence-corrected chi connectivity index (χ2v) is 14.0. The Labute approximate surface area is 234 Å². The highest BCUT2D eigenvalue weighted by atomic mass is 32.3. The lowest BCUT2D eigenvalue weighted by Crippen LogP contribution is -2.42. The first kappa shape index (κ1) is 26.6. The summed E-state index contributed by atoms with van der Waals surface area (Å²) in [6.45, 7) is 1.32. The molecule has 2 unspecified atom stereocenters. The van der Waals surface area contributed by atoms with Gasteiger partial charge in [-0.25, -0.2) is 14.1 Å². The standard InChI is InChI=1S/C29H34FN7O2S/c30-21-7-10-26(33-17-21)37-18-25(20-5-8-22(9-6-20)36-13-15-40(32,39)16-14-36)27(35-37)23-3-1-2-4-24(23)28(38)34-29(19-31)11-12-29/h5-10,17-18,23-24,40H,1-4,11-16H2,(H2,32,39)(H,34,38). The number of halogens is 1. The van der Waals surface area contributed by atoms with Crippen molar-refractivity contribution in [3.05, 3.63) is 60.3 Å². The Balaban J connectivity index is 1.34. The number of nitrogens with one attached hydrogen (secondary N) is 2. The minimum absolute atomic E-state index is 0.0817. The number of hydrogen-bond acceptors (Lipinski definition) is 6. The van der Waals surface area contributed by atoms with Crippen molar-refractivity contribution in [3.63, 3.8) is 0 Å². The maximum Gasteiger partial charge on any atom is 0.225 e. The summed E-state index contributed by atoms with van der Waals surface area (Å²) in [6.07, 6.45) is 7.92. The first-order valence-corrected chi connectivity index (χ1v) is 16.0. The molecule has 1 aliphatic heterocycles. The number of benzene rings is 1. The Hall–Kier alpha value is -3.62. The smallest absolute Gasteiger partial charge is 0.225 e. The number of hydrogen-bond donors (Lipinski definition) is 4. The van der Waals surface area contributed by atoms with Crippen molar-refractivity contribution >= 4 is 21.7 Å². The third-order valence-corrected chi connectivity index (χ3v) is 10.4. The van der Waals surface area contributed by atoms with E-state index >= 15 is 0 Å². The monoisotopic (exact) mass is 563 g/mol. The number of aromatic nitrogens is 3. The molecule has 1 amide bonds. The highest BCUT2D eigenvalue weighted by Crippen LogP contribution is 2.43. The summed E-state index contributed by atoms with van der Waals surface area (Å²) >= 11 is 0. The van der Waals surface area contributed by atoms with Gasteiger partial charge in [-0.3, -0.25) is 9.57 Å². The van der Waals surface area contributed by atoms with Gasteiger partial charge in [-0.05, 0) is 55.5 Å². The van der Waals surface area contributed by atoms with Gasteiger partial charge in [0.1, 0.15) is 11.4 Å². The molecule has 0 spiro atoms. The first-order chi connectivity index (χ1) is 19.3. The van der Waals surface area contributed by atoms with Crippen molar-refractivity contribution < 1.29 is 13.7 Å². The van der Waals surface area contributed by atoms with E-state index in [0.717, 1.165) is 54.4 Å². The summed E-state index contributed by atoms with van der Waals surface area (Å²) in [7, 11) is -2.51. The Morgan fingerprint density at radius 3 is 2.52 bits per heavy atom. The summed E-state index contributed by atoms with van der Waals surface area (Å²) in [6, 6.07) is 13.4. The van der Waals surface area contributed by atoms with Crippen LogP contribution in [0.4, 0.5) is 10.1 Å². The number of nitrogens with zero attached hydrogens (tertiary/aromatic N) is 5. The Morgan fingerprint density at radius 2 is 1.88 bits per heavy atom. The zero-order valence-corrected chi connectivity index (χ0v) is 23.2. The zero-order valence-electron chi connectivity index (χ0n) is 22.3. The number of rotatable bonds is 6.